The number of aliphatic hydroxyl groups is 1. The van der Waals surface area contributed by atoms with Crippen LogP contribution >= 0.6 is 0 Å². The summed E-state index contributed by atoms with van der Waals surface area (Å²) in [5.74, 6) is 0. The highest BCUT2D eigenvalue weighted by Crippen LogP contribution is 2.29. The summed E-state index contributed by atoms with van der Waals surface area (Å²) >= 11 is 0. The van der Waals surface area contributed by atoms with Gasteiger partial charge in [0.15, 0.2) is 6.23 Å². The summed E-state index contributed by atoms with van der Waals surface area (Å²) in [6, 6.07) is 6.03. The van der Waals surface area contributed by atoms with Crippen molar-refractivity contribution < 1.29 is 14.6 Å². The van der Waals surface area contributed by atoms with E-state index in [0.717, 1.165) is 24.0 Å². The molecule has 1 heterocycles. The Kier molecular flexibility index (Phi) is 4.04. The molecule has 0 aliphatic carbocycles. The van der Waals surface area contributed by atoms with Crippen LogP contribution in [0.1, 0.15) is 50.6 Å². The van der Waals surface area contributed by atoms with Crippen molar-refractivity contribution in [3.8, 4) is 0 Å². The highest BCUT2D eigenvalue weighted by molar-refractivity contribution is 5.69. The van der Waals surface area contributed by atoms with Crippen LogP contribution in [0.2, 0.25) is 0 Å². The van der Waals surface area contributed by atoms with E-state index in [1.165, 1.54) is 10.5 Å². The lowest BCUT2D eigenvalue weighted by Crippen LogP contribution is -2.43. The summed E-state index contributed by atoms with van der Waals surface area (Å²) in [4.78, 5) is 13.5. The summed E-state index contributed by atoms with van der Waals surface area (Å²) in [7, 11) is 0. The second-order valence-corrected chi connectivity index (χ2v) is 6.18. The molecule has 4 heteroatoms. The maximum absolute atomic E-state index is 12.1. The first-order chi connectivity index (χ1) is 9.31. The lowest BCUT2D eigenvalue weighted by molar-refractivity contribution is -0.0358. The zero-order valence-corrected chi connectivity index (χ0v) is 12.6. The largest absolute Gasteiger partial charge is 0.444 e. The number of rotatable bonds is 1. The molecule has 0 saturated heterocycles. The second-order valence-electron chi connectivity index (χ2n) is 6.18. The van der Waals surface area contributed by atoms with Gasteiger partial charge in [-0.15, -0.1) is 0 Å². The number of hydrogen-bond acceptors (Lipinski definition) is 3. The Morgan fingerprint density at radius 2 is 2.15 bits per heavy atom. The van der Waals surface area contributed by atoms with E-state index >= 15 is 0 Å². The number of benzene rings is 1. The predicted octanol–water partition coefficient (Wildman–Crippen LogP) is 3.03. The average molecular weight is 277 g/mol. The van der Waals surface area contributed by atoms with Crippen molar-refractivity contribution in [2.24, 2.45) is 0 Å². The molecular formula is C16H23NO3. The SMILES string of the molecule is CCc1ccc2c(c1)CCN(C(=O)OC(C)(C)C)C2O. The molecule has 0 aromatic heterocycles. The van der Waals surface area contributed by atoms with E-state index in [9.17, 15) is 9.90 Å². The Hall–Kier alpha value is -1.55. The van der Waals surface area contributed by atoms with Crippen LogP contribution in [0, 0.1) is 0 Å². The fourth-order valence-corrected chi connectivity index (χ4v) is 2.39. The van der Waals surface area contributed by atoms with Gasteiger partial charge in [0.05, 0.1) is 0 Å². The summed E-state index contributed by atoms with van der Waals surface area (Å²) in [6.45, 7) is 8.05. The fourth-order valence-electron chi connectivity index (χ4n) is 2.39. The molecule has 1 aromatic rings. The number of carbonyl (C=O) groups is 1. The number of aliphatic hydroxyl groups excluding tert-OH is 1. The van der Waals surface area contributed by atoms with Gasteiger partial charge in [-0.3, -0.25) is 4.90 Å². The summed E-state index contributed by atoms with van der Waals surface area (Å²) in [5, 5.41) is 10.4. The van der Waals surface area contributed by atoms with E-state index in [2.05, 4.69) is 13.0 Å². The number of hydrogen-bond donors (Lipinski definition) is 1. The molecular weight excluding hydrogens is 254 g/mol. The van der Waals surface area contributed by atoms with Crippen molar-refractivity contribution in [2.75, 3.05) is 6.54 Å². The van der Waals surface area contributed by atoms with E-state index in [-0.39, 0.29) is 0 Å². The monoisotopic (exact) mass is 277 g/mol. The smallest absolute Gasteiger partial charge is 0.412 e. The summed E-state index contributed by atoms with van der Waals surface area (Å²) in [5.41, 5.74) is 2.63. The van der Waals surface area contributed by atoms with Gasteiger partial charge in [-0.1, -0.05) is 25.1 Å². The first-order valence-corrected chi connectivity index (χ1v) is 7.11. The van der Waals surface area contributed by atoms with E-state index in [0.29, 0.717) is 6.54 Å². The van der Waals surface area contributed by atoms with Crippen LogP contribution in [0.3, 0.4) is 0 Å². The van der Waals surface area contributed by atoms with Crippen LogP contribution in [-0.2, 0) is 17.6 Å². The van der Waals surface area contributed by atoms with Crippen molar-refractivity contribution in [3.63, 3.8) is 0 Å². The average Bonchev–Trinajstić information content (AvgIpc) is 2.36. The predicted molar refractivity (Wildman–Crippen MR) is 77.4 cm³/mol. The van der Waals surface area contributed by atoms with Gasteiger partial charge in [-0.25, -0.2) is 4.79 Å². The number of amides is 1. The number of nitrogens with zero attached hydrogens (tertiary/aromatic N) is 1. The van der Waals surface area contributed by atoms with Crippen LogP contribution in [0.25, 0.3) is 0 Å². The fraction of sp³-hybridized carbons (Fsp3) is 0.562. The van der Waals surface area contributed by atoms with Gasteiger partial charge in [-0.05, 0) is 44.7 Å². The molecule has 1 aliphatic rings. The third-order valence-electron chi connectivity index (χ3n) is 3.44. The van der Waals surface area contributed by atoms with Crippen LogP contribution in [0.5, 0.6) is 0 Å². The Labute approximate surface area is 120 Å². The van der Waals surface area contributed by atoms with Crippen molar-refractivity contribution in [2.45, 2.75) is 52.4 Å². The van der Waals surface area contributed by atoms with Crippen LogP contribution in [-0.4, -0.2) is 28.2 Å². The third-order valence-corrected chi connectivity index (χ3v) is 3.44. The molecule has 1 unspecified atom stereocenters. The lowest BCUT2D eigenvalue weighted by Gasteiger charge is -2.35. The second kappa shape index (κ2) is 5.44. The Bertz CT molecular complexity index is 505. The third kappa shape index (κ3) is 3.12. The Morgan fingerprint density at radius 3 is 2.75 bits per heavy atom. The summed E-state index contributed by atoms with van der Waals surface area (Å²) in [6.07, 6.45) is 0.341. The minimum Gasteiger partial charge on any atom is -0.444 e. The highest BCUT2D eigenvalue weighted by atomic mass is 16.6. The zero-order chi connectivity index (χ0) is 14.9. The van der Waals surface area contributed by atoms with Crippen LogP contribution < -0.4 is 0 Å². The first kappa shape index (κ1) is 14.9. The van der Waals surface area contributed by atoms with Gasteiger partial charge in [0.2, 0.25) is 0 Å². The van der Waals surface area contributed by atoms with Crippen molar-refractivity contribution in [1.82, 2.24) is 4.90 Å². The van der Waals surface area contributed by atoms with E-state index < -0.39 is 17.9 Å². The molecule has 2 rings (SSSR count). The van der Waals surface area contributed by atoms with Crippen molar-refractivity contribution >= 4 is 6.09 Å². The van der Waals surface area contributed by atoms with E-state index in [1.807, 2.05) is 32.9 Å². The topological polar surface area (TPSA) is 49.8 Å². The maximum atomic E-state index is 12.1. The van der Waals surface area contributed by atoms with E-state index in [4.69, 9.17) is 4.74 Å². The lowest BCUT2D eigenvalue weighted by atomic mass is 9.95. The number of carbonyl (C=O) groups excluding carboxylic acids is 1. The molecule has 110 valence electrons. The summed E-state index contributed by atoms with van der Waals surface area (Å²) < 4.78 is 5.33. The van der Waals surface area contributed by atoms with E-state index in [1.54, 1.807) is 0 Å². The molecule has 20 heavy (non-hydrogen) atoms. The highest BCUT2D eigenvalue weighted by Gasteiger charge is 2.32. The standard InChI is InChI=1S/C16H23NO3/c1-5-11-6-7-13-12(10-11)8-9-17(14(13)18)15(19)20-16(2,3)4/h6-7,10,14,18H,5,8-9H2,1-4H3. The molecule has 1 aromatic carbocycles. The molecule has 0 bridgehead atoms. The number of ether oxygens (including phenoxy) is 1. The zero-order valence-electron chi connectivity index (χ0n) is 12.6. The van der Waals surface area contributed by atoms with Crippen molar-refractivity contribution in [1.29, 1.82) is 0 Å². The van der Waals surface area contributed by atoms with Gasteiger partial charge in [-0.2, -0.15) is 0 Å². The minimum absolute atomic E-state index is 0.463. The normalized spacial score (nSPS) is 18.6. The van der Waals surface area contributed by atoms with Crippen LogP contribution in [0.15, 0.2) is 18.2 Å². The minimum atomic E-state index is -0.917. The van der Waals surface area contributed by atoms with Crippen molar-refractivity contribution in [3.05, 3.63) is 34.9 Å². The quantitative estimate of drug-likeness (QED) is 0.858. The molecule has 1 aliphatic heterocycles. The number of fused-ring (bicyclic) bond motifs is 1. The maximum Gasteiger partial charge on any atom is 0.412 e. The van der Waals surface area contributed by atoms with Gasteiger partial charge in [0, 0.05) is 12.1 Å². The molecule has 0 spiro atoms. The molecule has 4 nitrogen and oxygen atoms in total. The molecule has 0 fully saturated rings. The Morgan fingerprint density at radius 1 is 1.45 bits per heavy atom. The molecule has 1 atom stereocenters. The first-order valence-electron chi connectivity index (χ1n) is 7.11. The number of aryl methyl sites for hydroxylation is 1. The van der Waals surface area contributed by atoms with Crippen LogP contribution in [0.4, 0.5) is 4.79 Å². The van der Waals surface area contributed by atoms with Gasteiger partial charge >= 0.3 is 6.09 Å². The van der Waals surface area contributed by atoms with Gasteiger partial charge in [0.25, 0.3) is 0 Å². The molecule has 1 N–H and O–H groups in total. The molecule has 0 radical (unpaired) electrons. The Balaban J connectivity index is 2.19. The van der Waals surface area contributed by atoms with Gasteiger partial charge in [0.1, 0.15) is 5.60 Å². The molecule has 0 saturated carbocycles. The molecule has 1 amide bonds. The van der Waals surface area contributed by atoms with Gasteiger partial charge < -0.3 is 9.84 Å².